The van der Waals surface area contributed by atoms with Gasteiger partial charge in [0.15, 0.2) is 0 Å². The summed E-state index contributed by atoms with van der Waals surface area (Å²) in [4.78, 5) is 17.5. The molecular formula is C14H17N3O2S. The summed E-state index contributed by atoms with van der Waals surface area (Å²) in [6.07, 6.45) is 4.51. The molecule has 3 N–H and O–H groups in total. The Balaban J connectivity index is 1.74. The molecule has 0 saturated carbocycles. The second-order valence-electron chi connectivity index (χ2n) is 4.40. The minimum Gasteiger partial charge on any atom is -0.508 e. The highest BCUT2D eigenvalue weighted by Crippen LogP contribution is 2.20. The van der Waals surface area contributed by atoms with E-state index < -0.39 is 0 Å². The van der Waals surface area contributed by atoms with E-state index in [2.05, 4.69) is 4.99 Å². The summed E-state index contributed by atoms with van der Waals surface area (Å²) in [5.41, 5.74) is 6.50. The number of phenolic OH excluding ortho intramolecular Hbond substituents is 1. The highest BCUT2D eigenvalue weighted by molar-refractivity contribution is 8.02. The lowest BCUT2D eigenvalue weighted by atomic mass is 10.2. The molecule has 1 heterocycles. The van der Waals surface area contributed by atoms with Crippen LogP contribution in [0, 0.1) is 0 Å². The smallest absolute Gasteiger partial charge is 0.245 e. The van der Waals surface area contributed by atoms with Gasteiger partial charge in [-0.15, -0.1) is 0 Å². The van der Waals surface area contributed by atoms with Gasteiger partial charge in [-0.2, -0.15) is 0 Å². The number of phenols is 1. The zero-order chi connectivity index (χ0) is 14.4. The molecule has 1 aliphatic heterocycles. The van der Waals surface area contributed by atoms with E-state index in [1.54, 1.807) is 36.0 Å². The van der Waals surface area contributed by atoms with Gasteiger partial charge in [0.05, 0.1) is 0 Å². The predicted octanol–water partition coefficient (Wildman–Crippen LogP) is 1.88. The highest BCUT2D eigenvalue weighted by Gasteiger charge is 2.14. The summed E-state index contributed by atoms with van der Waals surface area (Å²) in [7, 11) is 0. The minimum absolute atomic E-state index is 0.0408. The average molecular weight is 291 g/mol. The predicted molar refractivity (Wildman–Crippen MR) is 81.4 cm³/mol. The molecule has 1 aromatic carbocycles. The number of aliphatic imine (C=N–C) groups is 1. The van der Waals surface area contributed by atoms with Crippen molar-refractivity contribution in [2.24, 2.45) is 10.7 Å². The normalized spacial score (nSPS) is 18.1. The Morgan fingerprint density at radius 2 is 2.40 bits per heavy atom. The van der Waals surface area contributed by atoms with Gasteiger partial charge in [-0.3, -0.25) is 4.79 Å². The van der Waals surface area contributed by atoms with Gasteiger partial charge in [0.25, 0.3) is 0 Å². The average Bonchev–Trinajstić information content (AvgIpc) is 2.82. The SMILES string of the molecule is NC1SC=CN1CCCC(=O)N=Cc1cccc(O)c1. The molecule has 6 heteroatoms. The van der Waals surface area contributed by atoms with Gasteiger partial charge in [0, 0.05) is 25.4 Å². The molecule has 0 radical (unpaired) electrons. The Morgan fingerprint density at radius 1 is 1.55 bits per heavy atom. The second kappa shape index (κ2) is 7.12. The van der Waals surface area contributed by atoms with Crippen LogP contribution in [-0.4, -0.2) is 34.2 Å². The van der Waals surface area contributed by atoms with E-state index in [0.29, 0.717) is 12.0 Å². The van der Waals surface area contributed by atoms with Crippen molar-refractivity contribution >= 4 is 23.9 Å². The molecule has 20 heavy (non-hydrogen) atoms. The number of nitrogens with zero attached hydrogens (tertiary/aromatic N) is 2. The fraction of sp³-hybridized carbons (Fsp3) is 0.286. The first-order valence-electron chi connectivity index (χ1n) is 6.34. The molecule has 0 spiro atoms. The first kappa shape index (κ1) is 14.6. The van der Waals surface area contributed by atoms with E-state index in [1.165, 1.54) is 6.21 Å². The first-order chi connectivity index (χ1) is 9.65. The molecule has 0 aromatic heterocycles. The third kappa shape index (κ3) is 4.40. The van der Waals surface area contributed by atoms with Crippen molar-refractivity contribution in [1.29, 1.82) is 0 Å². The third-order valence-corrected chi connectivity index (χ3v) is 3.66. The molecule has 1 aromatic rings. The summed E-state index contributed by atoms with van der Waals surface area (Å²) in [5, 5.41) is 11.2. The first-order valence-corrected chi connectivity index (χ1v) is 7.29. The maximum atomic E-state index is 11.6. The Bertz CT molecular complexity index is 531. The minimum atomic E-state index is -0.169. The molecule has 5 nitrogen and oxygen atoms in total. The maximum Gasteiger partial charge on any atom is 0.245 e. The largest absolute Gasteiger partial charge is 0.508 e. The zero-order valence-corrected chi connectivity index (χ0v) is 11.8. The third-order valence-electron chi connectivity index (χ3n) is 2.83. The lowest BCUT2D eigenvalue weighted by molar-refractivity contribution is -0.117. The molecule has 0 saturated heterocycles. The molecule has 1 aliphatic rings. The Labute approximate surface area is 122 Å². The number of amides is 1. The molecule has 2 rings (SSSR count). The van der Waals surface area contributed by atoms with Crippen LogP contribution in [0.2, 0.25) is 0 Å². The number of carbonyl (C=O) groups is 1. The number of aromatic hydroxyl groups is 1. The van der Waals surface area contributed by atoms with Gasteiger partial charge in [-0.25, -0.2) is 4.99 Å². The van der Waals surface area contributed by atoms with Crippen LogP contribution < -0.4 is 5.73 Å². The number of hydrogen-bond acceptors (Lipinski definition) is 5. The van der Waals surface area contributed by atoms with E-state index >= 15 is 0 Å². The number of benzene rings is 1. The van der Waals surface area contributed by atoms with Crippen LogP contribution in [0.25, 0.3) is 0 Å². The Kier molecular flexibility index (Phi) is 5.20. The number of rotatable bonds is 5. The summed E-state index contributed by atoms with van der Waals surface area (Å²) in [6, 6.07) is 6.62. The van der Waals surface area contributed by atoms with Gasteiger partial charge in [-0.1, -0.05) is 23.9 Å². The van der Waals surface area contributed by atoms with Gasteiger partial charge >= 0.3 is 0 Å². The fourth-order valence-electron chi connectivity index (χ4n) is 1.79. The summed E-state index contributed by atoms with van der Waals surface area (Å²) >= 11 is 1.56. The molecule has 106 valence electrons. The summed E-state index contributed by atoms with van der Waals surface area (Å²) in [5.74, 6) is -0.00792. The molecule has 1 amide bonds. The van der Waals surface area contributed by atoms with Crippen LogP contribution in [0.5, 0.6) is 5.75 Å². The van der Waals surface area contributed by atoms with E-state index in [4.69, 9.17) is 5.73 Å². The summed E-state index contributed by atoms with van der Waals surface area (Å²) in [6.45, 7) is 0.748. The summed E-state index contributed by atoms with van der Waals surface area (Å²) < 4.78 is 0. The Morgan fingerprint density at radius 3 is 3.10 bits per heavy atom. The highest BCUT2D eigenvalue weighted by atomic mass is 32.2. The van der Waals surface area contributed by atoms with Crippen molar-refractivity contribution in [3.05, 3.63) is 41.4 Å². The van der Waals surface area contributed by atoms with Gasteiger partial charge in [-0.05, 0) is 29.5 Å². The van der Waals surface area contributed by atoms with Crippen LogP contribution in [0.3, 0.4) is 0 Å². The lowest BCUT2D eigenvalue weighted by Gasteiger charge is -2.20. The van der Waals surface area contributed by atoms with Crippen LogP contribution >= 0.6 is 11.8 Å². The monoisotopic (exact) mass is 291 g/mol. The maximum absolute atomic E-state index is 11.6. The van der Waals surface area contributed by atoms with E-state index in [0.717, 1.165) is 13.0 Å². The molecule has 0 aliphatic carbocycles. The van der Waals surface area contributed by atoms with E-state index in [1.807, 2.05) is 16.5 Å². The van der Waals surface area contributed by atoms with Crippen molar-refractivity contribution in [1.82, 2.24) is 4.90 Å². The molecule has 0 bridgehead atoms. The van der Waals surface area contributed by atoms with Crippen molar-refractivity contribution in [3.8, 4) is 5.75 Å². The van der Waals surface area contributed by atoms with Crippen molar-refractivity contribution in [3.63, 3.8) is 0 Å². The topological polar surface area (TPSA) is 78.9 Å². The van der Waals surface area contributed by atoms with Crippen LogP contribution in [0.15, 0.2) is 40.9 Å². The van der Waals surface area contributed by atoms with Crippen LogP contribution in [-0.2, 0) is 4.79 Å². The van der Waals surface area contributed by atoms with E-state index in [-0.39, 0.29) is 17.2 Å². The van der Waals surface area contributed by atoms with Gasteiger partial charge < -0.3 is 15.7 Å². The second-order valence-corrected chi connectivity index (χ2v) is 5.43. The van der Waals surface area contributed by atoms with Gasteiger partial charge in [0.1, 0.15) is 11.2 Å². The lowest BCUT2D eigenvalue weighted by Crippen LogP contribution is -2.33. The van der Waals surface area contributed by atoms with Gasteiger partial charge in [0.2, 0.25) is 5.91 Å². The number of thioether (sulfide) groups is 1. The number of hydrogen-bond donors (Lipinski definition) is 2. The number of carbonyl (C=O) groups excluding carboxylic acids is 1. The fourth-order valence-corrected chi connectivity index (χ4v) is 2.51. The van der Waals surface area contributed by atoms with Crippen molar-refractivity contribution in [2.75, 3.05) is 6.54 Å². The molecule has 1 atom stereocenters. The molecule has 0 fully saturated rings. The number of nitrogens with two attached hydrogens (primary N) is 1. The zero-order valence-electron chi connectivity index (χ0n) is 11.0. The van der Waals surface area contributed by atoms with Crippen LogP contribution in [0.1, 0.15) is 18.4 Å². The van der Waals surface area contributed by atoms with Crippen LogP contribution in [0.4, 0.5) is 0 Å². The van der Waals surface area contributed by atoms with Crippen molar-refractivity contribution < 1.29 is 9.90 Å². The Hall–Kier alpha value is -1.79. The molecule has 1 unspecified atom stereocenters. The van der Waals surface area contributed by atoms with E-state index in [9.17, 15) is 9.90 Å². The molecular weight excluding hydrogens is 274 g/mol. The van der Waals surface area contributed by atoms with Crippen molar-refractivity contribution in [2.45, 2.75) is 18.3 Å². The quantitative estimate of drug-likeness (QED) is 0.810. The standard InChI is InChI=1S/C14H17N3O2S/c15-14-17(7-8-20-14)6-2-5-13(19)16-10-11-3-1-4-12(18)9-11/h1,3-4,7-10,14,18H,2,5-6,15H2.